The maximum atomic E-state index is 6.08. The van der Waals surface area contributed by atoms with Gasteiger partial charge in [0.15, 0.2) is 0 Å². The zero-order chi connectivity index (χ0) is 11.7. The average Bonchev–Trinajstić information content (AvgIpc) is 2.40. The molecule has 0 aliphatic carbocycles. The third-order valence-electron chi connectivity index (χ3n) is 3.18. The van der Waals surface area contributed by atoms with Gasteiger partial charge in [0.1, 0.15) is 5.82 Å². The number of hydrogen-bond donors (Lipinski definition) is 2. The van der Waals surface area contributed by atoms with Gasteiger partial charge in [-0.1, -0.05) is 18.2 Å². The van der Waals surface area contributed by atoms with E-state index in [1.54, 1.807) is 0 Å². The number of nitrogens with one attached hydrogen (secondary N) is 1. The topological polar surface area (TPSA) is 54.2 Å². The Hall–Kier alpha value is -1.81. The number of para-hydroxylation sites is 1. The van der Waals surface area contributed by atoms with E-state index in [4.69, 9.17) is 5.73 Å². The van der Waals surface area contributed by atoms with Crippen LogP contribution < -0.4 is 16.0 Å². The summed E-state index contributed by atoms with van der Waals surface area (Å²) in [4.78, 5) is 6.95. The molecule has 0 atom stereocenters. The average molecular weight is 228 g/mol. The molecule has 0 amide bonds. The van der Waals surface area contributed by atoms with Crippen molar-refractivity contribution in [1.82, 2.24) is 10.3 Å². The number of pyridine rings is 1. The molecule has 1 aromatic heterocycles. The van der Waals surface area contributed by atoms with E-state index < -0.39 is 0 Å². The second-order valence-corrected chi connectivity index (χ2v) is 4.32. The van der Waals surface area contributed by atoms with E-state index in [1.165, 1.54) is 0 Å². The number of nitrogens with two attached hydrogens (primary N) is 1. The molecule has 1 aliphatic heterocycles. The summed E-state index contributed by atoms with van der Waals surface area (Å²) in [6, 6.07) is 9.99. The lowest BCUT2D eigenvalue weighted by Crippen LogP contribution is -2.43. The molecule has 0 spiro atoms. The van der Waals surface area contributed by atoms with Crippen molar-refractivity contribution in [3.8, 4) is 0 Å². The first-order chi connectivity index (χ1) is 8.34. The van der Waals surface area contributed by atoms with Crippen molar-refractivity contribution in [3.05, 3.63) is 30.3 Å². The number of rotatable bonds is 1. The molecule has 2 aromatic rings. The molecule has 2 heterocycles. The number of piperazine rings is 1. The highest BCUT2D eigenvalue weighted by molar-refractivity contribution is 5.91. The van der Waals surface area contributed by atoms with Gasteiger partial charge in [-0.15, -0.1) is 0 Å². The van der Waals surface area contributed by atoms with Crippen LogP contribution in [-0.4, -0.2) is 31.2 Å². The highest BCUT2D eigenvalue weighted by Crippen LogP contribution is 2.24. The van der Waals surface area contributed by atoms with Gasteiger partial charge < -0.3 is 16.0 Å². The number of anilines is 2. The Labute approximate surface area is 100 Å². The number of hydrogen-bond acceptors (Lipinski definition) is 4. The van der Waals surface area contributed by atoms with Gasteiger partial charge in [-0.05, 0) is 6.07 Å². The molecule has 4 nitrogen and oxygen atoms in total. The molecule has 1 saturated heterocycles. The van der Waals surface area contributed by atoms with E-state index in [2.05, 4.69) is 15.2 Å². The molecule has 4 heteroatoms. The fraction of sp³-hybridized carbons (Fsp3) is 0.308. The minimum Gasteiger partial charge on any atom is -0.398 e. The highest BCUT2D eigenvalue weighted by Gasteiger charge is 2.13. The Kier molecular flexibility index (Phi) is 2.57. The monoisotopic (exact) mass is 228 g/mol. The zero-order valence-electron chi connectivity index (χ0n) is 9.69. The summed E-state index contributed by atoms with van der Waals surface area (Å²) in [6.45, 7) is 4.00. The van der Waals surface area contributed by atoms with Crippen LogP contribution in [0.2, 0.25) is 0 Å². The molecule has 1 aliphatic rings. The Morgan fingerprint density at radius 2 is 1.94 bits per heavy atom. The van der Waals surface area contributed by atoms with Crippen LogP contribution in [0, 0.1) is 0 Å². The van der Waals surface area contributed by atoms with Gasteiger partial charge in [0.25, 0.3) is 0 Å². The molecule has 3 N–H and O–H groups in total. The summed E-state index contributed by atoms with van der Waals surface area (Å²) in [6.07, 6.45) is 0. The molecule has 17 heavy (non-hydrogen) atoms. The Balaban J connectivity index is 2.05. The second kappa shape index (κ2) is 4.22. The maximum absolute atomic E-state index is 6.08. The van der Waals surface area contributed by atoms with E-state index in [9.17, 15) is 0 Å². The number of fused-ring (bicyclic) bond motifs is 1. The standard InChI is InChI=1S/C13H16N4/c14-11-9-13(17-7-5-15-6-8-17)16-12-4-2-1-3-10(11)12/h1-4,9,15H,5-8H2,(H2,14,16). The highest BCUT2D eigenvalue weighted by atomic mass is 15.2. The smallest absolute Gasteiger partial charge is 0.131 e. The van der Waals surface area contributed by atoms with Gasteiger partial charge in [0.2, 0.25) is 0 Å². The maximum Gasteiger partial charge on any atom is 0.131 e. The summed E-state index contributed by atoms with van der Waals surface area (Å²) in [5, 5.41) is 4.37. The van der Waals surface area contributed by atoms with Crippen LogP contribution in [0.3, 0.4) is 0 Å². The van der Waals surface area contributed by atoms with E-state index in [1.807, 2.05) is 30.3 Å². The molecule has 1 fully saturated rings. The predicted octanol–water partition coefficient (Wildman–Crippen LogP) is 1.23. The summed E-state index contributed by atoms with van der Waals surface area (Å²) in [5.41, 5.74) is 7.86. The quantitative estimate of drug-likeness (QED) is 0.770. The fourth-order valence-corrected chi connectivity index (χ4v) is 2.24. The fourth-order valence-electron chi connectivity index (χ4n) is 2.24. The Bertz CT molecular complexity index is 532. The lowest BCUT2D eigenvalue weighted by atomic mass is 10.2. The van der Waals surface area contributed by atoms with E-state index in [0.717, 1.165) is 48.6 Å². The van der Waals surface area contributed by atoms with Crippen molar-refractivity contribution in [1.29, 1.82) is 0 Å². The molecule has 0 radical (unpaired) electrons. The number of aromatic nitrogens is 1. The molecule has 88 valence electrons. The van der Waals surface area contributed by atoms with Gasteiger partial charge in [-0.25, -0.2) is 4.98 Å². The van der Waals surface area contributed by atoms with Gasteiger partial charge in [-0.3, -0.25) is 0 Å². The van der Waals surface area contributed by atoms with E-state index in [-0.39, 0.29) is 0 Å². The van der Waals surface area contributed by atoms with Gasteiger partial charge in [0.05, 0.1) is 5.52 Å². The number of nitrogen functional groups attached to an aromatic ring is 1. The summed E-state index contributed by atoms with van der Waals surface area (Å²) >= 11 is 0. The lowest BCUT2D eigenvalue weighted by molar-refractivity contribution is 0.585. The van der Waals surface area contributed by atoms with Crippen molar-refractivity contribution in [2.24, 2.45) is 0 Å². The van der Waals surface area contributed by atoms with E-state index >= 15 is 0 Å². The molecule has 0 bridgehead atoms. The summed E-state index contributed by atoms with van der Waals surface area (Å²) < 4.78 is 0. The molecule has 1 aromatic carbocycles. The first-order valence-corrected chi connectivity index (χ1v) is 5.95. The van der Waals surface area contributed by atoms with Gasteiger partial charge >= 0.3 is 0 Å². The SMILES string of the molecule is Nc1cc(N2CCNCC2)nc2ccccc12. The largest absolute Gasteiger partial charge is 0.398 e. The van der Waals surface area contributed by atoms with Crippen LogP contribution >= 0.6 is 0 Å². The number of nitrogens with zero attached hydrogens (tertiary/aromatic N) is 2. The first-order valence-electron chi connectivity index (χ1n) is 5.95. The van der Waals surface area contributed by atoms with Crippen LogP contribution in [0.15, 0.2) is 30.3 Å². The molecule has 0 saturated carbocycles. The Morgan fingerprint density at radius 1 is 1.18 bits per heavy atom. The summed E-state index contributed by atoms with van der Waals surface area (Å²) in [5.74, 6) is 0.989. The minimum atomic E-state index is 0.809. The second-order valence-electron chi connectivity index (χ2n) is 4.32. The molecule has 3 rings (SSSR count). The van der Waals surface area contributed by atoms with Crippen molar-refractivity contribution < 1.29 is 0 Å². The van der Waals surface area contributed by atoms with Crippen LogP contribution in [-0.2, 0) is 0 Å². The predicted molar refractivity (Wildman–Crippen MR) is 71.2 cm³/mol. The van der Waals surface area contributed by atoms with Crippen LogP contribution in [0.1, 0.15) is 0 Å². The third-order valence-corrected chi connectivity index (χ3v) is 3.18. The Morgan fingerprint density at radius 3 is 2.76 bits per heavy atom. The van der Waals surface area contributed by atoms with Crippen molar-refractivity contribution in [2.45, 2.75) is 0 Å². The van der Waals surface area contributed by atoms with Crippen LogP contribution in [0.25, 0.3) is 10.9 Å². The normalized spacial score (nSPS) is 16.4. The molecule has 0 unspecified atom stereocenters. The number of benzene rings is 1. The van der Waals surface area contributed by atoms with Crippen molar-refractivity contribution >= 4 is 22.4 Å². The van der Waals surface area contributed by atoms with Crippen molar-refractivity contribution in [2.75, 3.05) is 36.8 Å². The van der Waals surface area contributed by atoms with Crippen molar-refractivity contribution in [3.63, 3.8) is 0 Å². The third kappa shape index (κ3) is 1.91. The first kappa shape index (κ1) is 10.4. The van der Waals surface area contributed by atoms with Gasteiger partial charge in [-0.2, -0.15) is 0 Å². The summed E-state index contributed by atoms with van der Waals surface area (Å²) in [7, 11) is 0. The van der Waals surface area contributed by atoms with Gasteiger partial charge in [0, 0.05) is 43.3 Å². The molecular weight excluding hydrogens is 212 g/mol. The zero-order valence-corrected chi connectivity index (χ0v) is 9.69. The van der Waals surface area contributed by atoms with Crippen LogP contribution in [0.4, 0.5) is 11.5 Å². The minimum absolute atomic E-state index is 0.809. The van der Waals surface area contributed by atoms with E-state index in [0.29, 0.717) is 0 Å². The lowest BCUT2D eigenvalue weighted by Gasteiger charge is -2.28. The van der Waals surface area contributed by atoms with Crippen LogP contribution in [0.5, 0.6) is 0 Å². The molecular formula is C13H16N4.